The van der Waals surface area contributed by atoms with Gasteiger partial charge in [0.25, 0.3) is 0 Å². The molecule has 1 aliphatic heterocycles. The minimum Gasteiger partial charge on any atom is -0.316 e. The first kappa shape index (κ1) is 12.6. The van der Waals surface area contributed by atoms with Gasteiger partial charge >= 0.3 is 0 Å². The molecule has 0 aliphatic carbocycles. The number of rotatable bonds is 4. The molecule has 0 bridgehead atoms. The van der Waals surface area contributed by atoms with E-state index in [0.29, 0.717) is 6.42 Å². The Morgan fingerprint density at radius 3 is 3.12 bits per heavy atom. The van der Waals surface area contributed by atoms with Crippen molar-refractivity contribution in [2.45, 2.75) is 45.8 Å². The van der Waals surface area contributed by atoms with E-state index < -0.39 is 6.17 Å². The van der Waals surface area contributed by atoms with Gasteiger partial charge in [0.05, 0.1) is 5.69 Å². The van der Waals surface area contributed by atoms with Gasteiger partial charge in [-0.05, 0) is 39.3 Å². The lowest BCUT2D eigenvalue weighted by Crippen LogP contribution is -2.36. The lowest BCUT2D eigenvalue weighted by atomic mass is 9.92. The van der Waals surface area contributed by atoms with Gasteiger partial charge in [0.1, 0.15) is 6.17 Å². The van der Waals surface area contributed by atoms with Crippen molar-refractivity contribution in [3.63, 3.8) is 0 Å². The van der Waals surface area contributed by atoms with Crippen LogP contribution >= 0.6 is 0 Å². The Labute approximate surface area is 102 Å². The Kier molecular flexibility index (Phi) is 4.15. The molecule has 2 heterocycles. The number of halogens is 1. The maximum Gasteiger partial charge on any atom is 0.110 e. The molecule has 1 aliphatic rings. The van der Waals surface area contributed by atoms with Crippen molar-refractivity contribution in [1.82, 2.24) is 15.1 Å². The molecule has 1 aromatic rings. The van der Waals surface area contributed by atoms with Crippen molar-refractivity contribution >= 4 is 0 Å². The Hall–Kier alpha value is -0.900. The molecule has 3 nitrogen and oxygen atoms in total. The highest BCUT2D eigenvalue weighted by Crippen LogP contribution is 2.21. The maximum atomic E-state index is 14.2. The third-order valence-electron chi connectivity index (χ3n) is 3.54. The van der Waals surface area contributed by atoms with Crippen LogP contribution in [0.15, 0.2) is 6.07 Å². The molecule has 2 atom stereocenters. The number of aromatic nitrogens is 2. The fourth-order valence-corrected chi connectivity index (χ4v) is 2.59. The van der Waals surface area contributed by atoms with Crippen molar-refractivity contribution in [1.29, 1.82) is 0 Å². The van der Waals surface area contributed by atoms with Crippen LogP contribution in [0.25, 0.3) is 0 Å². The molecule has 1 fully saturated rings. The van der Waals surface area contributed by atoms with Crippen LogP contribution in [0.3, 0.4) is 0 Å². The summed E-state index contributed by atoms with van der Waals surface area (Å²) >= 11 is 0. The number of piperidine rings is 1. The minimum absolute atomic E-state index is 0.171. The molecule has 0 radical (unpaired) electrons. The highest BCUT2D eigenvalue weighted by molar-refractivity contribution is 5.10. The summed E-state index contributed by atoms with van der Waals surface area (Å²) in [5.74, 6) is 0.171. The van der Waals surface area contributed by atoms with E-state index in [1.807, 2.05) is 24.6 Å². The highest BCUT2D eigenvalue weighted by atomic mass is 19.1. The molecule has 96 valence electrons. The second kappa shape index (κ2) is 5.63. The first-order valence-corrected chi connectivity index (χ1v) is 6.58. The van der Waals surface area contributed by atoms with E-state index in [4.69, 9.17) is 0 Å². The van der Waals surface area contributed by atoms with Gasteiger partial charge in [-0.3, -0.25) is 4.68 Å². The minimum atomic E-state index is -0.746. The van der Waals surface area contributed by atoms with Crippen LogP contribution in [-0.4, -0.2) is 29.0 Å². The number of nitrogens with zero attached hydrogens (tertiary/aromatic N) is 2. The Balaban J connectivity index is 1.98. The molecule has 2 unspecified atom stereocenters. The SMILES string of the molecule is CCn1nc(C)cc1CC(F)C1CCCNC1. The molecule has 1 saturated heterocycles. The van der Waals surface area contributed by atoms with Gasteiger partial charge in [0.2, 0.25) is 0 Å². The molecule has 0 saturated carbocycles. The van der Waals surface area contributed by atoms with Crippen molar-refractivity contribution in [2.24, 2.45) is 5.92 Å². The van der Waals surface area contributed by atoms with E-state index in [2.05, 4.69) is 10.4 Å². The number of hydrogen-bond donors (Lipinski definition) is 1. The summed E-state index contributed by atoms with van der Waals surface area (Å²) in [5.41, 5.74) is 2.01. The van der Waals surface area contributed by atoms with Gasteiger partial charge in [0, 0.05) is 31.1 Å². The zero-order chi connectivity index (χ0) is 12.3. The van der Waals surface area contributed by atoms with Crippen LogP contribution in [0.2, 0.25) is 0 Å². The van der Waals surface area contributed by atoms with Gasteiger partial charge < -0.3 is 5.32 Å². The van der Waals surface area contributed by atoms with Gasteiger partial charge in [-0.1, -0.05) is 0 Å². The molecule has 0 aromatic carbocycles. The molecular formula is C13H22FN3. The van der Waals surface area contributed by atoms with Crippen molar-refractivity contribution in [3.05, 3.63) is 17.5 Å². The second-order valence-electron chi connectivity index (χ2n) is 4.92. The average Bonchev–Trinajstić information content (AvgIpc) is 2.70. The largest absolute Gasteiger partial charge is 0.316 e. The normalized spacial score (nSPS) is 22.6. The maximum absolute atomic E-state index is 14.2. The smallest absolute Gasteiger partial charge is 0.110 e. The van der Waals surface area contributed by atoms with E-state index >= 15 is 0 Å². The lowest BCUT2D eigenvalue weighted by Gasteiger charge is -2.25. The molecule has 0 amide bonds. The topological polar surface area (TPSA) is 29.9 Å². The standard InChI is InChI=1S/C13H22FN3/c1-3-17-12(7-10(2)16-17)8-13(14)11-5-4-6-15-9-11/h7,11,13,15H,3-6,8-9H2,1-2H3. The third-order valence-corrected chi connectivity index (χ3v) is 3.54. The van der Waals surface area contributed by atoms with Crippen molar-refractivity contribution in [2.75, 3.05) is 13.1 Å². The van der Waals surface area contributed by atoms with E-state index in [1.165, 1.54) is 0 Å². The molecule has 0 spiro atoms. The molecule has 2 rings (SSSR count). The van der Waals surface area contributed by atoms with Crippen LogP contribution in [0.5, 0.6) is 0 Å². The zero-order valence-corrected chi connectivity index (χ0v) is 10.7. The number of hydrogen-bond acceptors (Lipinski definition) is 2. The van der Waals surface area contributed by atoms with Crippen molar-refractivity contribution < 1.29 is 4.39 Å². The molecule has 1 aromatic heterocycles. The van der Waals surface area contributed by atoms with E-state index in [-0.39, 0.29) is 5.92 Å². The van der Waals surface area contributed by atoms with E-state index in [1.54, 1.807) is 0 Å². The number of aryl methyl sites for hydroxylation is 2. The third kappa shape index (κ3) is 3.06. The summed E-state index contributed by atoms with van der Waals surface area (Å²) in [6, 6.07) is 2.01. The number of nitrogens with one attached hydrogen (secondary N) is 1. The predicted molar refractivity (Wildman–Crippen MR) is 66.8 cm³/mol. The zero-order valence-electron chi connectivity index (χ0n) is 10.7. The Morgan fingerprint density at radius 1 is 1.65 bits per heavy atom. The monoisotopic (exact) mass is 239 g/mol. The molecule has 1 N–H and O–H groups in total. The second-order valence-corrected chi connectivity index (χ2v) is 4.92. The molecule has 4 heteroatoms. The first-order chi connectivity index (χ1) is 8.20. The Morgan fingerprint density at radius 2 is 2.47 bits per heavy atom. The highest BCUT2D eigenvalue weighted by Gasteiger charge is 2.24. The lowest BCUT2D eigenvalue weighted by molar-refractivity contribution is 0.188. The van der Waals surface area contributed by atoms with Crippen LogP contribution in [0.4, 0.5) is 4.39 Å². The predicted octanol–water partition coefficient (Wildman–Crippen LogP) is 2.09. The van der Waals surface area contributed by atoms with Crippen LogP contribution in [0.1, 0.15) is 31.2 Å². The quantitative estimate of drug-likeness (QED) is 0.872. The van der Waals surface area contributed by atoms with Gasteiger partial charge in [0.15, 0.2) is 0 Å². The van der Waals surface area contributed by atoms with Crippen molar-refractivity contribution in [3.8, 4) is 0 Å². The summed E-state index contributed by atoms with van der Waals surface area (Å²) < 4.78 is 16.1. The van der Waals surface area contributed by atoms with Crippen LogP contribution < -0.4 is 5.32 Å². The van der Waals surface area contributed by atoms with Crippen LogP contribution in [-0.2, 0) is 13.0 Å². The summed E-state index contributed by atoms with van der Waals surface area (Å²) in [7, 11) is 0. The summed E-state index contributed by atoms with van der Waals surface area (Å²) in [6.45, 7) is 6.69. The molecular weight excluding hydrogens is 217 g/mol. The average molecular weight is 239 g/mol. The molecule has 17 heavy (non-hydrogen) atoms. The fraction of sp³-hybridized carbons (Fsp3) is 0.769. The van der Waals surface area contributed by atoms with E-state index in [0.717, 1.165) is 43.9 Å². The Bertz CT molecular complexity index is 356. The number of alkyl halides is 1. The first-order valence-electron chi connectivity index (χ1n) is 6.58. The van der Waals surface area contributed by atoms with Gasteiger partial charge in [-0.2, -0.15) is 5.10 Å². The summed E-state index contributed by atoms with van der Waals surface area (Å²) in [6.07, 6.45) is 1.86. The van der Waals surface area contributed by atoms with Gasteiger partial charge in [-0.25, -0.2) is 4.39 Å². The van der Waals surface area contributed by atoms with Crippen LogP contribution in [0, 0.1) is 12.8 Å². The summed E-state index contributed by atoms with van der Waals surface area (Å²) in [4.78, 5) is 0. The summed E-state index contributed by atoms with van der Waals surface area (Å²) in [5, 5.41) is 7.63. The van der Waals surface area contributed by atoms with E-state index in [9.17, 15) is 4.39 Å². The fourth-order valence-electron chi connectivity index (χ4n) is 2.59. The van der Waals surface area contributed by atoms with Gasteiger partial charge in [-0.15, -0.1) is 0 Å².